The number of para-hydroxylation sites is 1. The van der Waals surface area contributed by atoms with Gasteiger partial charge in [-0.1, -0.05) is 25.1 Å². The molecule has 0 aliphatic rings. The molecule has 1 aromatic carbocycles. The van der Waals surface area contributed by atoms with Crippen molar-refractivity contribution in [2.75, 3.05) is 6.54 Å². The average Bonchev–Trinajstić information content (AvgIpc) is 2.35. The van der Waals surface area contributed by atoms with E-state index < -0.39 is 0 Å². The first-order valence-corrected chi connectivity index (χ1v) is 5.89. The van der Waals surface area contributed by atoms with Gasteiger partial charge in [0.2, 0.25) is 0 Å². The maximum absolute atomic E-state index is 4.47. The lowest BCUT2D eigenvalue weighted by Crippen LogP contribution is -2.19. The van der Waals surface area contributed by atoms with E-state index >= 15 is 0 Å². The minimum atomic E-state index is 0.372. The van der Waals surface area contributed by atoms with Gasteiger partial charge in [0.15, 0.2) is 0 Å². The van der Waals surface area contributed by atoms with E-state index in [1.807, 2.05) is 18.3 Å². The summed E-state index contributed by atoms with van der Waals surface area (Å²) in [7, 11) is 0. The van der Waals surface area contributed by atoms with Gasteiger partial charge in [-0.25, -0.2) is 0 Å². The van der Waals surface area contributed by atoms with Gasteiger partial charge in [0, 0.05) is 17.6 Å². The Bertz CT molecular complexity index is 465. The first kappa shape index (κ1) is 11.1. The topological polar surface area (TPSA) is 24.9 Å². The van der Waals surface area contributed by atoms with Crippen LogP contribution in [0.2, 0.25) is 0 Å². The molecule has 0 aliphatic carbocycles. The van der Waals surface area contributed by atoms with Gasteiger partial charge in [-0.15, -0.1) is 0 Å². The molecular formula is C14H18N2. The molecule has 0 spiro atoms. The largest absolute Gasteiger partial charge is 0.310 e. The Morgan fingerprint density at radius 3 is 2.94 bits per heavy atom. The van der Waals surface area contributed by atoms with Gasteiger partial charge in [0.25, 0.3) is 0 Å². The van der Waals surface area contributed by atoms with Crippen molar-refractivity contribution >= 4 is 10.9 Å². The van der Waals surface area contributed by atoms with Gasteiger partial charge < -0.3 is 5.32 Å². The average molecular weight is 214 g/mol. The Morgan fingerprint density at radius 2 is 2.12 bits per heavy atom. The van der Waals surface area contributed by atoms with Crippen molar-refractivity contribution in [3.05, 3.63) is 42.1 Å². The van der Waals surface area contributed by atoms with Crippen LogP contribution in [0.4, 0.5) is 0 Å². The normalized spacial score (nSPS) is 12.9. The number of hydrogen-bond donors (Lipinski definition) is 1. The number of hydrogen-bond acceptors (Lipinski definition) is 2. The highest BCUT2D eigenvalue weighted by Crippen LogP contribution is 2.17. The molecule has 0 aliphatic heterocycles. The second-order valence-corrected chi connectivity index (χ2v) is 4.14. The van der Waals surface area contributed by atoms with Crippen LogP contribution < -0.4 is 5.32 Å². The summed E-state index contributed by atoms with van der Waals surface area (Å²) in [5, 5.41) is 4.69. The second-order valence-electron chi connectivity index (χ2n) is 4.14. The maximum atomic E-state index is 4.47. The summed E-state index contributed by atoms with van der Waals surface area (Å²) in [6.07, 6.45) is 3.13. The number of aromatic nitrogens is 1. The molecule has 0 fully saturated rings. The van der Waals surface area contributed by atoms with Crippen molar-refractivity contribution in [3.63, 3.8) is 0 Å². The fourth-order valence-electron chi connectivity index (χ4n) is 1.80. The Kier molecular flexibility index (Phi) is 3.52. The molecule has 0 amide bonds. The van der Waals surface area contributed by atoms with Crippen molar-refractivity contribution < 1.29 is 0 Å². The van der Waals surface area contributed by atoms with E-state index in [4.69, 9.17) is 0 Å². The molecule has 1 atom stereocenters. The summed E-state index contributed by atoms with van der Waals surface area (Å²) >= 11 is 0. The molecular weight excluding hydrogens is 196 g/mol. The van der Waals surface area contributed by atoms with Gasteiger partial charge in [0.05, 0.1) is 5.52 Å². The fourth-order valence-corrected chi connectivity index (χ4v) is 1.80. The molecule has 0 saturated heterocycles. The van der Waals surface area contributed by atoms with Crippen LogP contribution in [0, 0.1) is 0 Å². The molecule has 2 aromatic rings. The van der Waals surface area contributed by atoms with Crippen molar-refractivity contribution in [2.24, 2.45) is 0 Å². The monoisotopic (exact) mass is 214 g/mol. The second kappa shape index (κ2) is 5.08. The van der Waals surface area contributed by atoms with E-state index in [-0.39, 0.29) is 0 Å². The third kappa shape index (κ3) is 2.39. The lowest BCUT2D eigenvalue weighted by molar-refractivity contribution is 0.570. The zero-order valence-corrected chi connectivity index (χ0v) is 9.90. The van der Waals surface area contributed by atoms with Gasteiger partial charge in [-0.3, -0.25) is 4.98 Å². The number of rotatable bonds is 4. The van der Waals surface area contributed by atoms with E-state index in [9.17, 15) is 0 Å². The third-order valence-electron chi connectivity index (χ3n) is 2.81. The number of pyridine rings is 1. The van der Waals surface area contributed by atoms with E-state index in [1.54, 1.807) is 0 Å². The van der Waals surface area contributed by atoms with Crippen molar-refractivity contribution in [2.45, 2.75) is 26.3 Å². The molecule has 84 valence electrons. The molecule has 0 radical (unpaired) electrons. The molecule has 1 heterocycles. The minimum Gasteiger partial charge on any atom is -0.310 e. The fraction of sp³-hybridized carbons (Fsp3) is 0.357. The van der Waals surface area contributed by atoms with Crippen LogP contribution in [0.3, 0.4) is 0 Å². The van der Waals surface area contributed by atoms with Crippen LogP contribution in [-0.4, -0.2) is 11.5 Å². The highest BCUT2D eigenvalue weighted by Gasteiger charge is 2.05. The summed E-state index contributed by atoms with van der Waals surface area (Å²) in [5.41, 5.74) is 2.32. The number of nitrogens with zero attached hydrogens (tertiary/aromatic N) is 1. The van der Waals surface area contributed by atoms with E-state index in [0.717, 1.165) is 18.5 Å². The van der Waals surface area contributed by atoms with Crippen LogP contribution in [0.5, 0.6) is 0 Å². The molecule has 1 aromatic heterocycles. The summed E-state index contributed by atoms with van der Waals surface area (Å²) in [5.74, 6) is 0. The van der Waals surface area contributed by atoms with Crippen molar-refractivity contribution in [1.82, 2.24) is 10.3 Å². The Labute approximate surface area is 96.7 Å². The molecule has 1 N–H and O–H groups in total. The lowest BCUT2D eigenvalue weighted by atomic mass is 10.1. The van der Waals surface area contributed by atoms with Crippen LogP contribution in [0.25, 0.3) is 10.9 Å². The van der Waals surface area contributed by atoms with E-state index in [0.29, 0.717) is 6.04 Å². The van der Waals surface area contributed by atoms with Crippen LogP contribution >= 0.6 is 0 Å². The minimum absolute atomic E-state index is 0.372. The third-order valence-corrected chi connectivity index (χ3v) is 2.81. The number of fused-ring (bicyclic) bond motifs is 1. The Hall–Kier alpha value is -1.41. The Morgan fingerprint density at radius 1 is 1.31 bits per heavy atom. The predicted molar refractivity (Wildman–Crippen MR) is 68.5 cm³/mol. The van der Waals surface area contributed by atoms with Gasteiger partial charge >= 0.3 is 0 Å². The Balaban J connectivity index is 2.25. The van der Waals surface area contributed by atoms with E-state index in [1.165, 1.54) is 10.9 Å². The zero-order valence-electron chi connectivity index (χ0n) is 9.90. The van der Waals surface area contributed by atoms with Crippen molar-refractivity contribution in [3.8, 4) is 0 Å². The SMILES string of the molecule is CCCNC(C)c1cnc2ccccc2c1. The zero-order chi connectivity index (χ0) is 11.4. The van der Waals surface area contributed by atoms with Crippen molar-refractivity contribution in [1.29, 1.82) is 0 Å². The summed E-state index contributed by atoms with van der Waals surface area (Å²) < 4.78 is 0. The molecule has 0 bridgehead atoms. The summed E-state index contributed by atoms with van der Waals surface area (Å²) in [4.78, 5) is 4.47. The molecule has 2 nitrogen and oxygen atoms in total. The van der Waals surface area contributed by atoms with Crippen LogP contribution in [0.1, 0.15) is 31.9 Å². The molecule has 16 heavy (non-hydrogen) atoms. The van der Waals surface area contributed by atoms with Gasteiger partial charge in [-0.05, 0) is 37.6 Å². The highest BCUT2D eigenvalue weighted by molar-refractivity contribution is 5.78. The molecule has 1 unspecified atom stereocenters. The quantitative estimate of drug-likeness (QED) is 0.844. The highest BCUT2D eigenvalue weighted by atomic mass is 14.9. The first-order valence-electron chi connectivity index (χ1n) is 5.89. The summed E-state index contributed by atoms with van der Waals surface area (Å²) in [6, 6.07) is 10.8. The predicted octanol–water partition coefficient (Wildman–Crippen LogP) is 3.30. The van der Waals surface area contributed by atoms with Crippen LogP contribution in [-0.2, 0) is 0 Å². The number of nitrogens with one attached hydrogen (secondary N) is 1. The van der Waals surface area contributed by atoms with Gasteiger partial charge in [-0.2, -0.15) is 0 Å². The van der Waals surface area contributed by atoms with E-state index in [2.05, 4.69) is 42.3 Å². The van der Waals surface area contributed by atoms with Gasteiger partial charge in [0.1, 0.15) is 0 Å². The standard InChI is InChI=1S/C14H18N2/c1-3-8-15-11(2)13-9-12-6-4-5-7-14(12)16-10-13/h4-7,9-11,15H,3,8H2,1-2H3. The first-order chi connectivity index (χ1) is 7.81. The molecule has 2 rings (SSSR count). The lowest BCUT2D eigenvalue weighted by Gasteiger charge is -2.13. The maximum Gasteiger partial charge on any atom is 0.0702 e. The molecule has 0 saturated carbocycles. The smallest absolute Gasteiger partial charge is 0.0702 e. The summed E-state index contributed by atoms with van der Waals surface area (Å²) in [6.45, 7) is 5.41. The number of benzene rings is 1. The molecule has 2 heteroatoms. The van der Waals surface area contributed by atoms with Crippen LogP contribution in [0.15, 0.2) is 36.5 Å².